The van der Waals surface area contributed by atoms with E-state index in [4.69, 9.17) is 0 Å². The van der Waals surface area contributed by atoms with E-state index in [0.29, 0.717) is 16.7 Å². The number of carbonyl (C=O) groups is 1. The third-order valence-electron chi connectivity index (χ3n) is 2.83. The molecule has 18 heavy (non-hydrogen) atoms. The first-order chi connectivity index (χ1) is 8.74. The van der Waals surface area contributed by atoms with Crippen LogP contribution in [-0.4, -0.2) is 16.0 Å². The molecule has 0 heterocycles. The van der Waals surface area contributed by atoms with Crippen LogP contribution in [0.3, 0.4) is 0 Å². The predicted octanol–water partition coefficient (Wildman–Crippen LogP) is 2.10. The highest BCUT2D eigenvalue weighted by Gasteiger charge is 2.20. The molecule has 0 spiro atoms. The van der Waals surface area contributed by atoms with E-state index in [1.807, 2.05) is 6.07 Å². The Labute approximate surface area is 105 Å². The molecule has 0 amide bonds. The minimum absolute atomic E-state index is 0.199. The molecule has 3 nitrogen and oxygen atoms in total. The second-order valence-corrected chi connectivity index (χ2v) is 3.99. The Morgan fingerprint density at radius 2 is 1.61 bits per heavy atom. The molecule has 2 rings (SSSR count). The van der Waals surface area contributed by atoms with Crippen LogP contribution in [0.4, 0.5) is 0 Å². The maximum Gasteiger partial charge on any atom is 0.195 e. The van der Waals surface area contributed by atoms with Gasteiger partial charge in [0.15, 0.2) is 5.78 Å². The van der Waals surface area contributed by atoms with Gasteiger partial charge in [-0.2, -0.15) is 0 Å². The number of benzene rings is 2. The van der Waals surface area contributed by atoms with Crippen LogP contribution in [0.1, 0.15) is 27.6 Å². The van der Waals surface area contributed by atoms with E-state index < -0.39 is 6.10 Å². The largest absolute Gasteiger partial charge is 0.392 e. The fourth-order valence-electron chi connectivity index (χ4n) is 1.85. The van der Waals surface area contributed by atoms with Gasteiger partial charge in [0.2, 0.25) is 0 Å². The maximum atomic E-state index is 12.1. The minimum Gasteiger partial charge on any atom is -0.392 e. The van der Waals surface area contributed by atoms with Gasteiger partial charge in [-0.25, -0.2) is 0 Å². The number of hydrogen-bond donors (Lipinski definition) is 2. The average Bonchev–Trinajstić information content (AvgIpc) is 2.46. The first-order valence-electron chi connectivity index (χ1n) is 5.70. The van der Waals surface area contributed by atoms with Gasteiger partial charge in [0, 0.05) is 5.56 Å². The average molecular weight is 242 g/mol. The van der Waals surface area contributed by atoms with Gasteiger partial charge in [-0.3, -0.25) is 4.79 Å². The highest BCUT2D eigenvalue weighted by molar-refractivity contribution is 5.99. The van der Waals surface area contributed by atoms with E-state index in [2.05, 4.69) is 0 Å². The lowest BCUT2D eigenvalue weighted by molar-refractivity contribution is 0.0743. The minimum atomic E-state index is -1.24. The summed E-state index contributed by atoms with van der Waals surface area (Å²) in [5.74, 6) is -0.364. The lowest BCUT2D eigenvalue weighted by Gasteiger charge is -2.13. The van der Waals surface area contributed by atoms with E-state index in [-0.39, 0.29) is 12.4 Å². The normalized spacial score (nSPS) is 12.1. The van der Waals surface area contributed by atoms with Gasteiger partial charge in [-0.1, -0.05) is 54.6 Å². The molecule has 1 atom stereocenters. The van der Waals surface area contributed by atoms with Crippen molar-refractivity contribution in [3.63, 3.8) is 0 Å². The molecule has 0 fully saturated rings. The number of carbonyl (C=O) groups excluding carboxylic acids is 1. The molecule has 0 aliphatic carbocycles. The number of hydrogen-bond acceptors (Lipinski definition) is 3. The zero-order chi connectivity index (χ0) is 13.0. The molecule has 2 N–H and O–H groups in total. The molecule has 0 saturated carbocycles. The van der Waals surface area contributed by atoms with E-state index in [0.717, 1.165) is 0 Å². The summed E-state index contributed by atoms with van der Waals surface area (Å²) >= 11 is 0. The number of ketones is 1. The Hall–Kier alpha value is -1.97. The summed E-state index contributed by atoms with van der Waals surface area (Å²) in [5, 5.41) is 19.3. The number of aliphatic hydroxyl groups excluding tert-OH is 2. The standard InChI is InChI=1S/C15H14O3/c16-10-12-8-4-5-9-13(12)15(18)14(17)11-6-2-1-3-7-11/h1-9,15-16,18H,10H2. The predicted molar refractivity (Wildman–Crippen MR) is 68.1 cm³/mol. The van der Waals surface area contributed by atoms with E-state index in [1.165, 1.54) is 0 Å². The molecule has 0 aromatic heterocycles. The van der Waals surface area contributed by atoms with E-state index >= 15 is 0 Å². The third-order valence-corrected chi connectivity index (χ3v) is 2.83. The maximum absolute atomic E-state index is 12.1. The van der Waals surface area contributed by atoms with Gasteiger partial charge < -0.3 is 10.2 Å². The lowest BCUT2D eigenvalue weighted by atomic mass is 9.96. The van der Waals surface area contributed by atoms with Crippen molar-refractivity contribution >= 4 is 5.78 Å². The van der Waals surface area contributed by atoms with Crippen LogP contribution in [0.2, 0.25) is 0 Å². The van der Waals surface area contributed by atoms with Crippen LogP contribution in [0.15, 0.2) is 54.6 Å². The van der Waals surface area contributed by atoms with E-state index in [1.54, 1.807) is 48.5 Å². The first-order valence-corrected chi connectivity index (χ1v) is 5.70. The van der Waals surface area contributed by atoms with Crippen molar-refractivity contribution in [2.24, 2.45) is 0 Å². The van der Waals surface area contributed by atoms with Crippen molar-refractivity contribution in [3.05, 3.63) is 71.3 Å². The Morgan fingerprint density at radius 3 is 2.28 bits per heavy atom. The third kappa shape index (κ3) is 2.47. The Bertz CT molecular complexity index is 534. The summed E-state index contributed by atoms with van der Waals surface area (Å²) in [5.41, 5.74) is 1.47. The fraction of sp³-hybridized carbons (Fsp3) is 0.133. The molecule has 2 aromatic carbocycles. The van der Waals surface area contributed by atoms with Crippen LogP contribution >= 0.6 is 0 Å². The molecule has 3 heteroatoms. The van der Waals surface area contributed by atoms with Crippen molar-refractivity contribution in [2.75, 3.05) is 0 Å². The van der Waals surface area contributed by atoms with Gasteiger partial charge in [0.05, 0.1) is 6.61 Å². The van der Waals surface area contributed by atoms with Crippen LogP contribution in [0, 0.1) is 0 Å². The lowest BCUT2D eigenvalue weighted by Crippen LogP contribution is -2.14. The fourth-order valence-corrected chi connectivity index (χ4v) is 1.85. The SMILES string of the molecule is O=C(c1ccccc1)C(O)c1ccccc1CO. The topological polar surface area (TPSA) is 57.5 Å². The summed E-state index contributed by atoms with van der Waals surface area (Å²) in [6, 6.07) is 15.5. The molecule has 0 bridgehead atoms. The molecule has 0 saturated heterocycles. The summed E-state index contributed by atoms with van der Waals surface area (Å²) in [6.07, 6.45) is -1.24. The van der Waals surface area contributed by atoms with Crippen LogP contribution in [-0.2, 0) is 6.61 Å². The van der Waals surface area contributed by atoms with Crippen molar-refractivity contribution in [1.82, 2.24) is 0 Å². The monoisotopic (exact) mass is 242 g/mol. The molecule has 0 radical (unpaired) electrons. The molecular formula is C15H14O3. The highest BCUT2D eigenvalue weighted by atomic mass is 16.3. The summed E-state index contributed by atoms with van der Waals surface area (Å²) in [4.78, 5) is 12.1. The van der Waals surface area contributed by atoms with Gasteiger partial charge in [-0.05, 0) is 11.1 Å². The van der Waals surface area contributed by atoms with Crippen LogP contribution in [0.5, 0.6) is 0 Å². The van der Waals surface area contributed by atoms with Crippen molar-refractivity contribution < 1.29 is 15.0 Å². The zero-order valence-electron chi connectivity index (χ0n) is 9.78. The first kappa shape index (κ1) is 12.5. The summed E-state index contributed by atoms with van der Waals surface area (Å²) in [6.45, 7) is -0.199. The molecule has 0 aliphatic heterocycles. The Morgan fingerprint density at radius 1 is 1.00 bits per heavy atom. The second-order valence-electron chi connectivity index (χ2n) is 3.99. The molecule has 92 valence electrons. The van der Waals surface area contributed by atoms with Crippen molar-refractivity contribution in [3.8, 4) is 0 Å². The molecule has 0 aliphatic rings. The van der Waals surface area contributed by atoms with Gasteiger partial charge >= 0.3 is 0 Å². The summed E-state index contributed by atoms with van der Waals surface area (Å²) < 4.78 is 0. The van der Waals surface area contributed by atoms with Gasteiger partial charge in [0.25, 0.3) is 0 Å². The quantitative estimate of drug-likeness (QED) is 0.807. The molecule has 2 aromatic rings. The Kier molecular flexibility index (Phi) is 3.87. The van der Waals surface area contributed by atoms with Crippen molar-refractivity contribution in [2.45, 2.75) is 12.7 Å². The number of aliphatic hydroxyl groups is 2. The molecule has 1 unspecified atom stereocenters. The Balaban J connectivity index is 2.31. The second kappa shape index (κ2) is 5.58. The highest BCUT2D eigenvalue weighted by Crippen LogP contribution is 2.22. The zero-order valence-corrected chi connectivity index (χ0v) is 9.78. The van der Waals surface area contributed by atoms with Crippen LogP contribution in [0.25, 0.3) is 0 Å². The molecular weight excluding hydrogens is 228 g/mol. The van der Waals surface area contributed by atoms with Gasteiger partial charge in [-0.15, -0.1) is 0 Å². The summed E-state index contributed by atoms with van der Waals surface area (Å²) in [7, 11) is 0. The van der Waals surface area contributed by atoms with Gasteiger partial charge in [0.1, 0.15) is 6.10 Å². The smallest absolute Gasteiger partial charge is 0.195 e. The van der Waals surface area contributed by atoms with Crippen molar-refractivity contribution in [1.29, 1.82) is 0 Å². The number of Topliss-reactive ketones (excluding diaryl/α,β-unsaturated/α-hetero) is 1. The van der Waals surface area contributed by atoms with E-state index in [9.17, 15) is 15.0 Å². The van der Waals surface area contributed by atoms with Crippen LogP contribution < -0.4 is 0 Å². The number of rotatable bonds is 4.